The largest absolute Gasteiger partial charge is 0.452 e. The third kappa shape index (κ3) is 5.86. The van der Waals surface area contributed by atoms with Crippen LogP contribution in [0.15, 0.2) is 18.2 Å². The van der Waals surface area contributed by atoms with Crippen molar-refractivity contribution in [2.45, 2.75) is 32.2 Å². The zero-order valence-corrected chi connectivity index (χ0v) is 16.7. The zero-order chi connectivity index (χ0) is 19.3. The maximum atomic E-state index is 12.5. The van der Waals surface area contributed by atoms with Gasteiger partial charge in [-0.25, -0.2) is 13.2 Å². The smallest absolute Gasteiger partial charge is 0.338 e. The van der Waals surface area contributed by atoms with Gasteiger partial charge in [-0.2, -0.15) is 0 Å². The van der Waals surface area contributed by atoms with Crippen molar-refractivity contribution in [1.82, 2.24) is 4.90 Å². The van der Waals surface area contributed by atoms with Crippen molar-refractivity contribution in [3.8, 4) is 0 Å². The average Bonchev–Trinajstić information content (AvgIpc) is 2.91. The molecule has 2 rings (SSSR count). The monoisotopic (exact) mass is 421 g/mol. The summed E-state index contributed by atoms with van der Waals surface area (Å²) in [6, 6.07) is 3.92. The molecule has 0 bridgehead atoms. The summed E-state index contributed by atoms with van der Waals surface area (Å²) in [6.07, 6.45) is 2.03. The molecule has 144 valence electrons. The Kier molecular flexibility index (Phi) is 7.32. The Morgan fingerprint density at radius 2 is 1.88 bits per heavy atom. The van der Waals surface area contributed by atoms with Crippen molar-refractivity contribution in [2.24, 2.45) is 0 Å². The number of ether oxygens (including phenoxy) is 1. The highest BCUT2D eigenvalue weighted by Gasteiger charge is 2.34. The van der Waals surface area contributed by atoms with E-state index in [-0.39, 0.29) is 33.2 Å². The number of halogens is 2. The molecule has 1 aromatic carbocycles. The summed E-state index contributed by atoms with van der Waals surface area (Å²) in [6.45, 7) is 1.97. The molecule has 1 unspecified atom stereocenters. The molecule has 0 N–H and O–H groups in total. The number of benzene rings is 1. The first-order valence-corrected chi connectivity index (χ1v) is 10.9. The van der Waals surface area contributed by atoms with E-state index in [1.54, 1.807) is 0 Å². The van der Waals surface area contributed by atoms with Gasteiger partial charge < -0.3 is 9.64 Å². The van der Waals surface area contributed by atoms with Crippen LogP contribution in [-0.4, -0.2) is 55.9 Å². The number of hydrogen-bond acceptors (Lipinski definition) is 5. The van der Waals surface area contributed by atoms with Crippen molar-refractivity contribution < 1.29 is 22.7 Å². The number of carbonyl (C=O) groups excluding carboxylic acids is 2. The Bertz CT molecular complexity index is 761. The van der Waals surface area contributed by atoms with E-state index in [1.165, 1.54) is 23.1 Å². The van der Waals surface area contributed by atoms with Crippen molar-refractivity contribution in [1.29, 1.82) is 0 Å². The van der Waals surface area contributed by atoms with Gasteiger partial charge in [0, 0.05) is 22.6 Å². The summed E-state index contributed by atoms with van der Waals surface area (Å²) in [5.74, 6) is -1.08. The van der Waals surface area contributed by atoms with Gasteiger partial charge in [0.25, 0.3) is 5.91 Å². The molecule has 1 amide bonds. The normalized spacial score (nSPS) is 18.5. The Balaban J connectivity index is 2.01. The van der Waals surface area contributed by atoms with Crippen LogP contribution in [0.25, 0.3) is 0 Å². The maximum absolute atomic E-state index is 12.5. The molecule has 1 aliphatic heterocycles. The van der Waals surface area contributed by atoms with Gasteiger partial charge >= 0.3 is 5.97 Å². The van der Waals surface area contributed by atoms with Gasteiger partial charge in [0.05, 0.1) is 17.1 Å². The second-order valence-corrected chi connectivity index (χ2v) is 9.33. The fourth-order valence-corrected chi connectivity index (χ4v) is 5.08. The van der Waals surface area contributed by atoms with Gasteiger partial charge in [-0.3, -0.25) is 4.79 Å². The van der Waals surface area contributed by atoms with E-state index in [9.17, 15) is 18.0 Å². The Morgan fingerprint density at radius 1 is 1.23 bits per heavy atom. The molecule has 0 aliphatic carbocycles. The topological polar surface area (TPSA) is 80.8 Å². The summed E-state index contributed by atoms with van der Waals surface area (Å²) in [5.41, 5.74) is 0.152. The van der Waals surface area contributed by atoms with Crippen molar-refractivity contribution in [3.63, 3.8) is 0 Å². The van der Waals surface area contributed by atoms with E-state index in [0.717, 1.165) is 12.8 Å². The zero-order valence-electron chi connectivity index (χ0n) is 14.4. The number of esters is 1. The van der Waals surface area contributed by atoms with Crippen molar-refractivity contribution in [3.05, 3.63) is 33.8 Å². The number of rotatable bonds is 7. The lowest BCUT2D eigenvalue weighted by Gasteiger charge is -2.28. The first-order chi connectivity index (χ1) is 12.2. The molecule has 26 heavy (non-hydrogen) atoms. The van der Waals surface area contributed by atoms with Crippen LogP contribution in [0.5, 0.6) is 0 Å². The quantitative estimate of drug-likeness (QED) is 0.632. The molecule has 0 radical (unpaired) electrons. The minimum atomic E-state index is -3.11. The molecule has 9 heteroatoms. The Hall–Kier alpha value is -1.31. The van der Waals surface area contributed by atoms with Crippen LogP contribution in [0.4, 0.5) is 0 Å². The summed E-state index contributed by atoms with van der Waals surface area (Å²) in [5, 5.41) is 0.577. The summed E-state index contributed by atoms with van der Waals surface area (Å²) >= 11 is 11.7. The fraction of sp³-hybridized carbons (Fsp3) is 0.529. The van der Waals surface area contributed by atoms with Crippen molar-refractivity contribution >= 4 is 44.9 Å². The van der Waals surface area contributed by atoms with Crippen LogP contribution < -0.4 is 0 Å². The van der Waals surface area contributed by atoms with Gasteiger partial charge in [0.2, 0.25) is 0 Å². The Labute approximate surface area is 163 Å². The first kappa shape index (κ1) is 21.0. The number of carbonyl (C=O) groups is 2. The summed E-state index contributed by atoms with van der Waals surface area (Å²) < 4.78 is 28.5. The molecule has 1 saturated heterocycles. The second kappa shape index (κ2) is 9.06. The van der Waals surface area contributed by atoms with E-state index < -0.39 is 28.3 Å². The van der Waals surface area contributed by atoms with Crippen molar-refractivity contribution in [2.75, 3.05) is 24.7 Å². The Morgan fingerprint density at radius 3 is 2.42 bits per heavy atom. The molecular weight excluding hydrogens is 401 g/mol. The van der Waals surface area contributed by atoms with E-state index in [2.05, 4.69) is 0 Å². The first-order valence-electron chi connectivity index (χ1n) is 8.35. The molecule has 1 heterocycles. The number of amides is 1. The molecule has 1 atom stereocenters. The molecular formula is C17H21Cl2NO5S. The van der Waals surface area contributed by atoms with Crippen LogP contribution in [-0.2, 0) is 19.4 Å². The van der Waals surface area contributed by atoms with Gasteiger partial charge in [0.15, 0.2) is 16.4 Å². The number of unbranched alkanes of at least 4 members (excludes halogenated alkanes) is 1. The van der Waals surface area contributed by atoms with Crippen LogP contribution >= 0.6 is 23.2 Å². The molecule has 1 aromatic rings. The molecule has 0 aromatic heterocycles. The van der Waals surface area contributed by atoms with Gasteiger partial charge in [-0.05, 0) is 31.0 Å². The van der Waals surface area contributed by atoms with E-state index in [0.29, 0.717) is 13.0 Å². The lowest BCUT2D eigenvalue weighted by atomic mass is 10.2. The van der Waals surface area contributed by atoms with Crippen LogP contribution in [0.1, 0.15) is 36.5 Å². The summed E-state index contributed by atoms with van der Waals surface area (Å²) in [7, 11) is -3.11. The van der Waals surface area contributed by atoms with Gasteiger partial charge in [-0.1, -0.05) is 36.5 Å². The highest BCUT2D eigenvalue weighted by Crippen LogP contribution is 2.21. The minimum absolute atomic E-state index is 0.0414. The molecule has 1 fully saturated rings. The molecule has 0 saturated carbocycles. The summed E-state index contributed by atoms with van der Waals surface area (Å²) in [4.78, 5) is 26.1. The third-order valence-electron chi connectivity index (χ3n) is 4.15. The fourth-order valence-electron chi connectivity index (χ4n) is 2.83. The lowest BCUT2D eigenvalue weighted by molar-refractivity contribution is -0.136. The third-order valence-corrected chi connectivity index (χ3v) is 6.33. The SMILES string of the molecule is CCCCN(C(=O)COC(=O)c1cc(Cl)cc(Cl)c1)C1CCS(=O)(=O)C1. The highest BCUT2D eigenvalue weighted by atomic mass is 35.5. The molecule has 6 nitrogen and oxygen atoms in total. The van der Waals surface area contributed by atoms with E-state index in [1.807, 2.05) is 6.92 Å². The molecule has 1 aliphatic rings. The van der Waals surface area contributed by atoms with E-state index in [4.69, 9.17) is 27.9 Å². The number of sulfone groups is 1. The predicted molar refractivity (Wildman–Crippen MR) is 100 cm³/mol. The minimum Gasteiger partial charge on any atom is -0.452 e. The lowest BCUT2D eigenvalue weighted by Crippen LogP contribution is -2.43. The number of hydrogen-bond donors (Lipinski definition) is 0. The standard InChI is InChI=1S/C17H21Cl2NO5S/c1-2-3-5-20(15-4-6-26(23,24)11-15)16(21)10-25-17(22)12-7-13(18)9-14(19)8-12/h7-9,15H,2-6,10-11H2,1H3. The van der Waals surface area contributed by atoms with Crippen LogP contribution in [0.3, 0.4) is 0 Å². The van der Waals surface area contributed by atoms with Crippen LogP contribution in [0.2, 0.25) is 10.0 Å². The predicted octanol–water partition coefficient (Wildman–Crippen LogP) is 2.97. The number of nitrogens with zero attached hydrogens (tertiary/aromatic N) is 1. The van der Waals surface area contributed by atoms with Gasteiger partial charge in [-0.15, -0.1) is 0 Å². The molecule has 0 spiro atoms. The highest BCUT2D eigenvalue weighted by molar-refractivity contribution is 7.91. The average molecular weight is 422 g/mol. The van der Waals surface area contributed by atoms with Crippen LogP contribution in [0, 0.1) is 0 Å². The maximum Gasteiger partial charge on any atom is 0.338 e. The van der Waals surface area contributed by atoms with Gasteiger partial charge in [0.1, 0.15) is 0 Å². The second-order valence-electron chi connectivity index (χ2n) is 6.23. The van der Waals surface area contributed by atoms with E-state index >= 15 is 0 Å².